The lowest BCUT2D eigenvalue weighted by Gasteiger charge is -2.02. The summed E-state index contributed by atoms with van der Waals surface area (Å²) in [6.07, 6.45) is 1.55. The fourth-order valence-electron chi connectivity index (χ4n) is 1.48. The van der Waals surface area contributed by atoms with Gasteiger partial charge in [-0.3, -0.25) is 4.79 Å². The van der Waals surface area contributed by atoms with E-state index < -0.39 is 0 Å². The van der Waals surface area contributed by atoms with Crippen LogP contribution in [0.1, 0.15) is 5.56 Å². The number of benzene rings is 1. The van der Waals surface area contributed by atoms with Gasteiger partial charge in [0.05, 0.1) is 0 Å². The van der Waals surface area contributed by atoms with Crippen LogP contribution in [-0.2, 0) is 5.88 Å². The smallest absolute Gasteiger partial charge is 0.255 e. The average molecular weight is 238 g/mol. The van der Waals surface area contributed by atoms with Gasteiger partial charge in [0.2, 0.25) is 0 Å². The van der Waals surface area contributed by atoms with Gasteiger partial charge in [-0.05, 0) is 29.3 Å². The highest BCUT2D eigenvalue weighted by molar-refractivity contribution is 6.17. The van der Waals surface area contributed by atoms with E-state index in [0.29, 0.717) is 17.0 Å². The van der Waals surface area contributed by atoms with Crippen LogP contribution in [0.25, 0.3) is 11.1 Å². The summed E-state index contributed by atoms with van der Waals surface area (Å²) in [5.74, 6) is -0.0628. The van der Waals surface area contributed by atoms with Crippen molar-refractivity contribution in [1.82, 2.24) is 4.98 Å². The molecule has 0 bridgehead atoms. The molecule has 1 aromatic heterocycles. The molecular formula is C12H9ClFNO. The number of aromatic nitrogens is 1. The molecular weight excluding hydrogens is 229 g/mol. The second-order valence-electron chi connectivity index (χ2n) is 3.39. The van der Waals surface area contributed by atoms with Crippen LogP contribution in [0, 0.1) is 5.82 Å². The minimum absolute atomic E-state index is 0.250. The predicted molar refractivity (Wildman–Crippen MR) is 62.0 cm³/mol. The molecule has 1 N–H and O–H groups in total. The maximum atomic E-state index is 13.0. The maximum absolute atomic E-state index is 13.0. The molecule has 0 spiro atoms. The van der Waals surface area contributed by atoms with Crippen LogP contribution in [0.4, 0.5) is 4.39 Å². The lowest BCUT2D eigenvalue weighted by Crippen LogP contribution is -2.08. The van der Waals surface area contributed by atoms with Crippen molar-refractivity contribution in [2.24, 2.45) is 0 Å². The largest absolute Gasteiger partial charge is 0.328 e. The highest BCUT2D eigenvalue weighted by Crippen LogP contribution is 2.17. The van der Waals surface area contributed by atoms with E-state index in [4.69, 9.17) is 11.6 Å². The zero-order valence-corrected chi connectivity index (χ0v) is 9.09. The van der Waals surface area contributed by atoms with E-state index in [1.54, 1.807) is 24.4 Å². The number of rotatable bonds is 2. The molecule has 1 heterocycles. The van der Waals surface area contributed by atoms with Gasteiger partial charge in [-0.2, -0.15) is 0 Å². The van der Waals surface area contributed by atoms with Gasteiger partial charge < -0.3 is 4.98 Å². The normalized spacial score (nSPS) is 10.4. The molecule has 0 atom stereocenters. The van der Waals surface area contributed by atoms with Gasteiger partial charge in [0.15, 0.2) is 0 Å². The number of nitrogens with one attached hydrogen (secondary N) is 1. The lowest BCUT2D eigenvalue weighted by atomic mass is 10.1. The Morgan fingerprint density at radius 1 is 1.31 bits per heavy atom. The molecule has 1 aromatic carbocycles. The van der Waals surface area contributed by atoms with Gasteiger partial charge in [-0.1, -0.05) is 12.1 Å². The van der Waals surface area contributed by atoms with Gasteiger partial charge in [0.25, 0.3) is 5.56 Å². The van der Waals surface area contributed by atoms with E-state index in [1.165, 1.54) is 12.1 Å². The third-order valence-electron chi connectivity index (χ3n) is 2.25. The minimum atomic E-state index is -0.367. The molecule has 0 amide bonds. The molecule has 0 saturated carbocycles. The second-order valence-corrected chi connectivity index (χ2v) is 3.66. The van der Waals surface area contributed by atoms with Crippen molar-refractivity contribution >= 4 is 11.6 Å². The highest BCUT2D eigenvalue weighted by atomic mass is 35.5. The second kappa shape index (κ2) is 4.49. The lowest BCUT2D eigenvalue weighted by molar-refractivity contribution is 0.628. The molecule has 0 aliphatic carbocycles. The van der Waals surface area contributed by atoms with Gasteiger partial charge in [0.1, 0.15) is 5.82 Å². The van der Waals surface area contributed by atoms with Crippen LogP contribution in [0.2, 0.25) is 0 Å². The molecule has 2 nitrogen and oxygen atoms in total. The van der Waals surface area contributed by atoms with Crippen molar-refractivity contribution in [3.05, 3.63) is 58.3 Å². The van der Waals surface area contributed by atoms with Crippen molar-refractivity contribution < 1.29 is 4.39 Å². The summed E-state index contributed by atoms with van der Waals surface area (Å²) in [5.41, 5.74) is 1.52. The monoisotopic (exact) mass is 237 g/mol. The number of pyridine rings is 1. The van der Waals surface area contributed by atoms with Crippen molar-refractivity contribution in [3.63, 3.8) is 0 Å². The van der Waals surface area contributed by atoms with Gasteiger partial charge >= 0.3 is 0 Å². The Morgan fingerprint density at radius 3 is 2.81 bits per heavy atom. The van der Waals surface area contributed by atoms with Gasteiger partial charge in [-0.15, -0.1) is 11.6 Å². The third-order valence-corrected chi connectivity index (χ3v) is 2.56. The van der Waals surface area contributed by atoms with E-state index in [2.05, 4.69) is 4.98 Å². The maximum Gasteiger partial charge on any atom is 0.255 e. The Bertz CT molecular complexity index is 565. The summed E-state index contributed by atoms with van der Waals surface area (Å²) in [7, 11) is 0. The van der Waals surface area contributed by atoms with Crippen molar-refractivity contribution in [3.8, 4) is 11.1 Å². The zero-order valence-electron chi connectivity index (χ0n) is 8.34. The molecule has 2 rings (SSSR count). The molecule has 82 valence electrons. The fourth-order valence-corrected chi connectivity index (χ4v) is 1.63. The van der Waals surface area contributed by atoms with Crippen LogP contribution in [-0.4, -0.2) is 4.98 Å². The first-order valence-electron chi connectivity index (χ1n) is 4.74. The molecule has 2 aromatic rings. The van der Waals surface area contributed by atoms with Crippen LogP contribution in [0.5, 0.6) is 0 Å². The predicted octanol–water partition coefficient (Wildman–Crippen LogP) is 2.92. The first kappa shape index (κ1) is 10.9. The van der Waals surface area contributed by atoms with Gasteiger partial charge in [-0.25, -0.2) is 4.39 Å². The van der Waals surface area contributed by atoms with Crippen LogP contribution < -0.4 is 5.56 Å². The number of alkyl halides is 1. The highest BCUT2D eigenvalue weighted by Gasteiger charge is 2.05. The van der Waals surface area contributed by atoms with Crippen LogP contribution in [0.3, 0.4) is 0 Å². The third kappa shape index (κ3) is 2.14. The number of H-pyrrole nitrogens is 1. The van der Waals surface area contributed by atoms with Crippen LogP contribution in [0.15, 0.2) is 41.3 Å². The van der Waals surface area contributed by atoms with Gasteiger partial charge in [0, 0.05) is 17.6 Å². The number of aromatic amines is 1. The van der Waals surface area contributed by atoms with E-state index in [0.717, 1.165) is 5.56 Å². The topological polar surface area (TPSA) is 32.9 Å². The standard InChI is InChI=1S/C12H9ClFNO/c13-6-8-4-11(12(16)15-7-8)9-2-1-3-10(14)5-9/h1-5,7H,6H2,(H,15,16). The van der Waals surface area contributed by atoms with Crippen molar-refractivity contribution in [1.29, 1.82) is 0 Å². The molecule has 0 unspecified atom stereocenters. The Labute approximate surface area is 96.7 Å². The minimum Gasteiger partial charge on any atom is -0.328 e. The number of hydrogen-bond donors (Lipinski definition) is 1. The van der Waals surface area contributed by atoms with Crippen molar-refractivity contribution in [2.75, 3.05) is 0 Å². The van der Waals surface area contributed by atoms with Crippen LogP contribution >= 0.6 is 11.6 Å². The first-order valence-corrected chi connectivity index (χ1v) is 5.27. The summed E-state index contributed by atoms with van der Waals surface area (Å²) in [6.45, 7) is 0. The number of hydrogen-bond acceptors (Lipinski definition) is 1. The number of halogens is 2. The fraction of sp³-hybridized carbons (Fsp3) is 0.0833. The first-order chi connectivity index (χ1) is 7.70. The van der Waals surface area contributed by atoms with E-state index in [9.17, 15) is 9.18 Å². The molecule has 0 radical (unpaired) electrons. The van der Waals surface area contributed by atoms with E-state index in [-0.39, 0.29) is 11.4 Å². The summed E-state index contributed by atoms with van der Waals surface area (Å²) in [4.78, 5) is 14.2. The average Bonchev–Trinajstić information content (AvgIpc) is 2.30. The summed E-state index contributed by atoms with van der Waals surface area (Å²) < 4.78 is 13.0. The molecule has 0 fully saturated rings. The quantitative estimate of drug-likeness (QED) is 0.801. The zero-order chi connectivity index (χ0) is 11.5. The molecule has 0 aliphatic heterocycles. The molecule has 4 heteroatoms. The van der Waals surface area contributed by atoms with E-state index in [1.807, 2.05) is 0 Å². The Hall–Kier alpha value is -1.61. The summed E-state index contributed by atoms with van der Waals surface area (Å²) in [5, 5.41) is 0. The van der Waals surface area contributed by atoms with E-state index >= 15 is 0 Å². The molecule has 0 saturated heterocycles. The summed E-state index contributed by atoms with van der Waals surface area (Å²) >= 11 is 5.67. The Morgan fingerprint density at radius 2 is 2.12 bits per heavy atom. The van der Waals surface area contributed by atoms with Crippen molar-refractivity contribution in [2.45, 2.75) is 5.88 Å². The SMILES string of the molecule is O=c1[nH]cc(CCl)cc1-c1cccc(F)c1. The Kier molecular flexibility index (Phi) is 3.06. The summed E-state index contributed by atoms with van der Waals surface area (Å²) in [6, 6.07) is 7.58. The molecule has 16 heavy (non-hydrogen) atoms. The molecule has 0 aliphatic rings. The Balaban J connectivity index is 2.59.